The quantitative estimate of drug-likeness (QED) is 0.520. The molecule has 3 aromatic rings. The molecule has 0 saturated carbocycles. The zero-order valence-corrected chi connectivity index (χ0v) is 18.0. The second kappa shape index (κ2) is 8.48. The Morgan fingerprint density at radius 3 is 2.87 bits per heavy atom. The molecule has 1 aliphatic rings. The number of anilines is 2. The van der Waals surface area contributed by atoms with Gasteiger partial charge in [0.05, 0.1) is 18.0 Å². The lowest BCUT2D eigenvalue weighted by Crippen LogP contribution is -2.40. The molecule has 0 fully saturated rings. The lowest BCUT2D eigenvalue weighted by Gasteiger charge is -2.27. The number of imidazole rings is 1. The van der Waals surface area contributed by atoms with E-state index in [1.807, 2.05) is 24.9 Å². The summed E-state index contributed by atoms with van der Waals surface area (Å²) in [4.78, 5) is 24.5. The average Bonchev–Trinajstić information content (AvgIpc) is 3.18. The first-order valence-electron chi connectivity index (χ1n) is 10.3. The Hall–Kier alpha value is -3.86. The lowest BCUT2D eigenvalue weighted by atomic mass is 9.96. The lowest BCUT2D eigenvalue weighted by molar-refractivity contribution is 0.207. The molecule has 2 amide bonds. The zero-order valence-electron chi connectivity index (χ0n) is 18.0. The van der Waals surface area contributed by atoms with Gasteiger partial charge in [0.15, 0.2) is 6.19 Å². The van der Waals surface area contributed by atoms with Gasteiger partial charge in [-0.05, 0) is 41.7 Å². The van der Waals surface area contributed by atoms with Gasteiger partial charge in [0.25, 0.3) is 0 Å². The van der Waals surface area contributed by atoms with Crippen molar-refractivity contribution in [1.82, 2.24) is 24.8 Å². The number of aryl methyl sites for hydroxylation is 2. The fraction of sp³-hybridized carbons (Fsp3) is 0.304. The normalized spacial score (nSPS) is 13.6. The predicted octanol–water partition coefficient (Wildman–Crippen LogP) is 3.58. The van der Waals surface area contributed by atoms with Gasteiger partial charge in [-0.2, -0.15) is 5.26 Å². The average molecular weight is 416 g/mol. The number of benzene rings is 1. The Morgan fingerprint density at radius 1 is 1.32 bits per heavy atom. The molecule has 3 heterocycles. The van der Waals surface area contributed by atoms with Gasteiger partial charge in [-0.15, -0.1) is 0 Å². The van der Waals surface area contributed by atoms with Crippen LogP contribution in [0.2, 0.25) is 0 Å². The minimum Gasteiger partial charge on any atom is -0.334 e. The Bertz CT molecular complexity index is 1200. The van der Waals surface area contributed by atoms with Crippen molar-refractivity contribution >= 4 is 34.1 Å². The van der Waals surface area contributed by atoms with Gasteiger partial charge in [0.2, 0.25) is 0 Å². The van der Waals surface area contributed by atoms with Crippen molar-refractivity contribution in [2.24, 2.45) is 7.05 Å². The Morgan fingerprint density at radius 2 is 2.16 bits per heavy atom. The molecule has 31 heavy (non-hydrogen) atoms. The van der Waals surface area contributed by atoms with Crippen LogP contribution in [0, 0.1) is 11.5 Å². The summed E-state index contributed by atoms with van der Waals surface area (Å²) >= 11 is 0. The molecule has 0 aliphatic carbocycles. The highest BCUT2D eigenvalue weighted by Crippen LogP contribution is 2.32. The summed E-state index contributed by atoms with van der Waals surface area (Å²) in [5.41, 5.74) is 6.67. The number of rotatable bonds is 4. The van der Waals surface area contributed by atoms with E-state index in [0.29, 0.717) is 13.1 Å². The number of pyridine rings is 1. The van der Waals surface area contributed by atoms with Gasteiger partial charge >= 0.3 is 6.03 Å². The van der Waals surface area contributed by atoms with Crippen LogP contribution in [-0.2, 0) is 13.5 Å². The number of nitriles is 1. The molecule has 0 atom stereocenters. The van der Waals surface area contributed by atoms with Crippen molar-refractivity contribution in [3.05, 3.63) is 54.0 Å². The van der Waals surface area contributed by atoms with Gasteiger partial charge in [0, 0.05) is 38.9 Å². The first kappa shape index (κ1) is 20.4. The van der Waals surface area contributed by atoms with Crippen molar-refractivity contribution in [1.29, 1.82) is 5.26 Å². The van der Waals surface area contributed by atoms with E-state index in [2.05, 4.69) is 57.4 Å². The smallest absolute Gasteiger partial charge is 0.330 e. The summed E-state index contributed by atoms with van der Waals surface area (Å²) in [6.07, 6.45) is 9.01. The van der Waals surface area contributed by atoms with E-state index in [1.165, 1.54) is 16.7 Å². The molecular weight excluding hydrogens is 390 g/mol. The number of nitrogens with zero attached hydrogens (tertiary/aromatic N) is 6. The zero-order chi connectivity index (χ0) is 22.0. The van der Waals surface area contributed by atoms with Crippen LogP contribution in [0.1, 0.15) is 24.5 Å². The van der Waals surface area contributed by atoms with Gasteiger partial charge in [0.1, 0.15) is 11.3 Å². The molecule has 8 nitrogen and oxygen atoms in total. The van der Waals surface area contributed by atoms with E-state index >= 15 is 0 Å². The number of fused-ring (bicyclic) bond motifs is 1. The summed E-state index contributed by atoms with van der Waals surface area (Å²) < 4.78 is 1.99. The molecule has 2 aromatic heterocycles. The van der Waals surface area contributed by atoms with Gasteiger partial charge in [-0.1, -0.05) is 19.1 Å². The van der Waals surface area contributed by atoms with E-state index in [1.54, 1.807) is 17.4 Å². The minimum atomic E-state index is -0.345. The monoisotopic (exact) mass is 415 g/mol. The maximum absolute atomic E-state index is 11.8. The summed E-state index contributed by atoms with van der Waals surface area (Å²) in [6.45, 7) is 3.25. The van der Waals surface area contributed by atoms with Crippen LogP contribution in [-0.4, -0.2) is 45.6 Å². The number of nitrogens with one attached hydrogen (secondary N) is 1. The number of carbonyl (C=O) groups is 1. The van der Waals surface area contributed by atoms with E-state index in [4.69, 9.17) is 5.26 Å². The van der Waals surface area contributed by atoms with Crippen molar-refractivity contribution in [2.75, 3.05) is 25.0 Å². The molecule has 0 unspecified atom stereocenters. The predicted molar refractivity (Wildman–Crippen MR) is 121 cm³/mol. The second-order valence-corrected chi connectivity index (χ2v) is 7.61. The highest BCUT2D eigenvalue weighted by molar-refractivity contribution is 5.80. The molecule has 0 spiro atoms. The van der Waals surface area contributed by atoms with E-state index in [9.17, 15) is 4.79 Å². The van der Waals surface area contributed by atoms with Gasteiger partial charge in [-0.3, -0.25) is 0 Å². The van der Waals surface area contributed by atoms with Crippen molar-refractivity contribution in [3.63, 3.8) is 0 Å². The first-order valence-corrected chi connectivity index (χ1v) is 10.3. The molecule has 0 bridgehead atoms. The van der Waals surface area contributed by atoms with E-state index < -0.39 is 0 Å². The molecule has 0 radical (unpaired) electrons. The largest absolute Gasteiger partial charge is 0.334 e. The van der Waals surface area contributed by atoms with Gasteiger partial charge in [-0.25, -0.2) is 20.1 Å². The first-order chi connectivity index (χ1) is 15.0. The number of aromatic nitrogens is 3. The fourth-order valence-electron chi connectivity index (χ4n) is 3.97. The molecule has 1 N–H and O–H groups in total. The molecule has 158 valence electrons. The SMILES string of the molecule is CCc1cc(C2=CCN(C(=O)NC#N)CC2)ccc1N(C)c1cc2c(cn1)ncn2C. The van der Waals surface area contributed by atoms with Gasteiger partial charge < -0.3 is 14.4 Å². The number of hydrogen-bond acceptors (Lipinski definition) is 5. The Labute approximate surface area is 181 Å². The standard InChI is InChI=1S/C23H25N7O/c1-4-16-11-18(17-7-9-30(10-8-17)23(31)26-14-24)5-6-20(16)29(3)22-12-21-19(13-25-22)27-15-28(21)2/h5-7,11-13,15H,4,8-10H2,1-3H3,(H,26,31). The number of hydrogen-bond donors (Lipinski definition) is 1. The maximum atomic E-state index is 11.8. The Kier molecular flexibility index (Phi) is 5.58. The topological polar surface area (TPSA) is 90.1 Å². The molecule has 4 rings (SSSR count). The van der Waals surface area contributed by atoms with Crippen LogP contribution in [0.5, 0.6) is 0 Å². The Balaban J connectivity index is 1.59. The summed E-state index contributed by atoms with van der Waals surface area (Å²) in [7, 11) is 4.01. The highest BCUT2D eigenvalue weighted by Gasteiger charge is 2.19. The minimum absolute atomic E-state index is 0.345. The number of amides is 2. The van der Waals surface area contributed by atoms with Crippen LogP contribution >= 0.6 is 0 Å². The molecular formula is C23H25N7O. The summed E-state index contributed by atoms with van der Waals surface area (Å²) in [5.74, 6) is 0.870. The molecule has 1 aromatic carbocycles. The number of urea groups is 1. The third kappa shape index (κ3) is 3.94. The highest BCUT2D eigenvalue weighted by atomic mass is 16.2. The van der Waals surface area contributed by atoms with Crippen molar-refractivity contribution < 1.29 is 4.79 Å². The van der Waals surface area contributed by atoms with E-state index in [0.717, 1.165) is 35.4 Å². The molecule has 0 saturated heterocycles. The van der Waals surface area contributed by atoms with Crippen LogP contribution in [0.3, 0.4) is 0 Å². The molecule has 1 aliphatic heterocycles. The van der Waals surface area contributed by atoms with Crippen LogP contribution in [0.25, 0.3) is 16.6 Å². The van der Waals surface area contributed by atoms with Crippen LogP contribution in [0.4, 0.5) is 16.3 Å². The fourth-order valence-corrected chi connectivity index (χ4v) is 3.97. The molecule has 8 heteroatoms. The number of carbonyl (C=O) groups excluding carboxylic acids is 1. The van der Waals surface area contributed by atoms with Crippen molar-refractivity contribution in [3.8, 4) is 6.19 Å². The summed E-state index contributed by atoms with van der Waals surface area (Å²) in [5, 5.41) is 10.8. The second-order valence-electron chi connectivity index (χ2n) is 7.61. The van der Waals surface area contributed by atoms with Crippen LogP contribution < -0.4 is 10.2 Å². The van der Waals surface area contributed by atoms with Crippen molar-refractivity contribution in [2.45, 2.75) is 19.8 Å². The van der Waals surface area contributed by atoms with E-state index in [-0.39, 0.29) is 6.03 Å². The third-order valence-electron chi connectivity index (χ3n) is 5.79. The third-order valence-corrected chi connectivity index (χ3v) is 5.79. The maximum Gasteiger partial charge on any atom is 0.330 e. The van der Waals surface area contributed by atoms with Crippen LogP contribution in [0.15, 0.2) is 42.9 Å². The summed E-state index contributed by atoms with van der Waals surface area (Å²) in [6, 6.07) is 8.20.